The third kappa shape index (κ3) is 2.12. The van der Waals surface area contributed by atoms with Gasteiger partial charge in [0.1, 0.15) is 0 Å². The minimum atomic E-state index is -0.348. The first-order valence-corrected chi connectivity index (χ1v) is 6.88. The van der Waals surface area contributed by atoms with Gasteiger partial charge in [0, 0.05) is 24.2 Å². The van der Waals surface area contributed by atoms with Crippen LogP contribution in [0, 0.1) is 0 Å². The van der Waals surface area contributed by atoms with Crippen molar-refractivity contribution < 1.29 is 14.0 Å². The van der Waals surface area contributed by atoms with Crippen molar-refractivity contribution in [3.63, 3.8) is 0 Å². The molecular formula is C13H21BN2O3. The summed E-state index contributed by atoms with van der Waals surface area (Å²) in [5, 5.41) is 7.31. The van der Waals surface area contributed by atoms with E-state index in [0.29, 0.717) is 5.92 Å². The number of H-pyrrole nitrogens is 1. The van der Waals surface area contributed by atoms with E-state index in [-0.39, 0.29) is 18.3 Å². The number of aromatic amines is 1. The Morgan fingerprint density at radius 3 is 2.53 bits per heavy atom. The molecule has 0 saturated carbocycles. The molecule has 1 aromatic heterocycles. The van der Waals surface area contributed by atoms with Crippen LogP contribution in [0.2, 0.25) is 0 Å². The van der Waals surface area contributed by atoms with Crippen LogP contribution in [0.4, 0.5) is 0 Å². The zero-order chi connectivity index (χ0) is 13.7. The second-order valence-electron chi connectivity index (χ2n) is 6.37. The third-order valence-electron chi connectivity index (χ3n) is 4.52. The van der Waals surface area contributed by atoms with Gasteiger partial charge in [0.15, 0.2) is 0 Å². The molecule has 0 radical (unpaired) electrons. The predicted molar refractivity (Wildman–Crippen MR) is 72.5 cm³/mol. The van der Waals surface area contributed by atoms with Crippen molar-refractivity contribution in [2.24, 2.45) is 0 Å². The van der Waals surface area contributed by atoms with Gasteiger partial charge in [-0.05, 0) is 34.1 Å². The van der Waals surface area contributed by atoms with Crippen molar-refractivity contribution in [3.05, 3.63) is 11.9 Å². The third-order valence-corrected chi connectivity index (χ3v) is 4.52. The highest BCUT2D eigenvalue weighted by molar-refractivity contribution is 6.62. The fourth-order valence-corrected chi connectivity index (χ4v) is 2.55. The van der Waals surface area contributed by atoms with Crippen molar-refractivity contribution in [1.82, 2.24) is 10.2 Å². The SMILES string of the molecule is CC1(C)OB(c2c[nH]nc2C2CCOC2)OC1(C)C. The van der Waals surface area contributed by atoms with Crippen LogP contribution in [-0.2, 0) is 14.0 Å². The first kappa shape index (κ1) is 13.2. The molecule has 1 unspecified atom stereocenters. The normalized spacial score (nSPS) is 29.1. The van der Waals surface area contributed by atoms with E-state index in [1.165, 1.54) is 0 Å². The molecule has 5 nitrogen and oxygen atoms in total. The number of nitrogens with one attached hydrogen (secondary N) is 1. The summed E-state index contributed by atoms with van der Waals surface area (Å²) in [7, 11) is -0.348. The quantitative estimate of drug-likeness (QED) is 0.816. The van der Waals surface area contributed by atoms with Gasteiger partial charge in [-0.2, -0.15) is 5.10 Å². The fourth-order valence-electron chi connectivity index (χ4n) is 2.55. The van der Waals surface area contributed by atoms with Crippen LogP contribution in [0.5, 0.6) is 0 Å². The topological polar surface area (TPSA) is 56.4 Å². The average Bonchev–Trinajstić information content (AvgIpc) is 3.00. The van der Waals surface area contributed by atoms with E-state index in [0.717, 1.165) is 30.8 Å². The van der Waals surface area contributed by atoms with E-state index in [4.69, 9.17) is 14.0 Å². The largest absolute Gasteiger partial charge is 0.498 e. The van der Waals surface area contributed by atoms with Gasteiger partial charge in [0.05, 0.1) is 23.5 Å². The van der Waals surface area contributed by atoms with E-state index in [2.05, 4.69) is 37.9 Å². The lowest BCUT2D eigenvalue weighted by Gasteiger charge is -2.32. The number of aromatic nitrogens is 2. The molecule has 2 fully saturated rings. The maximum absolute atomic E-state index is 6.09. The second kappa shape index (κ2) is 4.33. The summed E-state index contributed by atoms with van der Waals surface area (Å²) < 4.78 is 17.6. The van der Waals surface area contributed by atoms with Crippen molar-refractivity contribution in [2.75, 3.05) is 13.2 Å². The summed E-state index contributed by atoms with van der Waals surface area (Å²) in [6.07, 6.45) is 2.90. The molecule has 104 valence electrons. The Morgan fingerprint density at radius 2 is 1.95 bits per heavy atom. The minimum Gasteiger partial charge on any atom is -0.399 e. The van der Waals surface area contributed by atoms with Crippen LogP contribution in [0.15, 0.2) is 6.20 Å². The first-order valence-electron chi connectivity index (χ1n) is 6.88. The Kier molecular flexibility index (Phi) is 3.00. The second-order valence-corrected chi connectivity index (χ2v) is 6.37. The molecule has 2 saturated heterocycles. The highest BCUT2D eigenvalue weighted by atomic mass is 16.7. The van der Waals surface area contributed by atoms with Gasteiger partial charge < -0.3 is 14.0 Å². The maximum Gasteiger partial charge on any atom is 0.498 e. The van der Waals surface area contributed by atoms with Gasteiger partial charge in [-0.3, -0.25) is 5.10 Å². The summed E-state index contributed by atoms with van der Waals surface area (Å²) >= 11 is 0. The number of ether oxygens (including phenoxy) is 1. The molecule has 0 spiro atoms. The van der Waals surface area contributed by atoms with Crippen LogP contribution in [0.25, 0.3) is 0 Å². The van der Waals surface area contributed by atoms with E-state index in [1.807, 2.05) is 6.20 Å². The Balaban J connectivity index is 1.86. The van der Waals surface area contributed by atoms with Gasteiger partial charge in [-0.1, -0.05) is 0 Å². The monoisotopic (exact) mass is 264 g/mol. The maximum atomic E-state index is 6.09. The van der Waals surface area contributed by atoms with Crippen LogP contribution in [0.3, 0.4) is 0 Å². The smallest absolute Gasteiger partial charge is 0.399 e. The molecular weight excluding hydrogens is 243 g/mol. The molecule has 19 heavy (non-hydrogen) atoms. The van der Waals surface area contributed by atoms with Crippen molar-refractivity contribution in [3.8, 4) is 0 Å². The number of hydrogen-bond donors (Lipinski definition) is 1. The molecule has 2 aliphatic rings. The standard InChI is InChI=1S/C13H21BN2O3/c1-12(2)13(3,4)19-14(18-12)10-7-15-16-11(10)9-5-6-17-8-9/h7,9H,5-6,8H2,1-4H3,(H,15,16). The van der Waals surface area contributed by atoms with Gasteiger partial charge in [0.2, 0.25) is 0 Å². The zero-order valence-corrected chi connectivity index (χ0v) is 12.0. The molecule has 6 heteroatoms. The number of rotatable bonds is 2. The molecule has 0 aromatic carbocycles. The van der Waals surface area contributed by atoms with Gasteiger partial charge >= 0.3 is 7.12 Å². The summed E-state index contributed by atoms with van der Waals surface area (Å²) in [4.78, 5) is 0. The Labute approximate surface area is 114 Å². The van der Waals surface area contributed by atoms with Gasteiger partial charge in [-0.15, -0.1) is 0 Å². The molecule has 2 aliphatic heterocycles. The molecule has 1 atom stereocenters. The zero-order valence-electron chi connectivity index (χ0n) is 12.0. The predicted octanol–water partition coefficient (Wildman–Crippen LogP) is 1.21. The summed E-state index contributed by atoms with van der Waals surface area (Å²) in [6.45, 7) is 9.78. The van der Waals surface area contributed by atoms with Crippen molar-refractivity contribution >= 4 is 12.6 Å². The van der Waals surface area contributed by atoms with Crippen LogP contribution < -0.4 is 5.46 Å². The van der Waals surface area contributed by atoms with Crippen LogP contribution >= 0.6 is 0 Å². The number of hydrogen-bond acceptors (Lipinski definition) is 4. The summed E-state index contributed by atoms with van der Waals surface area (Å²) in [5.74, 6) is 0.347. The Bertz CT molecular complexity index is 450. The highest BCUT2D eigenvalue weighted by Crippen LogP contribution is 2.37. The summed E-state index contributed by atoms with van der Waals surface area (Å²) in [6, 6.07) is 0. The van der Waals surface area contributed by atoms with E-state index < -0.39 is 0 Å². The molecule has 3 heterocycles. The first-order chi connectivity index (χ1) is 8.91. The van der Waals surface area contributed by atoms with Crippen LogP contribution in [-0.4, -0.2) is 41.7 Å². The van der Waals surface area contributed by atoms with Gasteiger partial charge in [-0.25, -0.2) is 0 Å². The van der Waals surface area contributed by atoms with E-state index in [1.54, 1.807) is 0 Å². The number of nitrogens with zero attached hydrogens (tertiary/aromatic N) is 1. The minimum absolute atomic E-state index is 0.321. The van der Waals surface area contributed by atoms with E-state index >= 15 is 0 Å². The summed E-state index contributed by atoms with van der Waals surface area (Å²) in [5.41, 5.74) is 1.39. The molecule has 0 aliphatic carbocycles. The Morgan fingerprint density at radius 1 is 1.26 bits per heavy atom. The molecule has 1 N–H and O–H groups in total. The molecule has 3 rings (SSSR count). The lowest BCUT2D eigenvalue weighted by atomic mass is 9.76. The fraction of sp³-hybridized carbons (Fsp3) is 0.769. The molecule has 1 aromatic rings. The van der Waals surface area contributed by atoms with Gasteiger partial charge in [0.25, 0.3) is 0 Å². The average molecular weight is 264 g/mol. The lowest BCUT2D eigenvalue weighted by Crippen LogP contribution is -2.41. The Hall–Kier alpha value is -0.845. The highest BCUT2D eigenvalue weighted by Gasteiger charge is 2.53. The van der Waals surface area contributed by atoms with Crippen molar-refractivity contribution in [1.29, 1.82) is 0 Å². The van der Waals surface area contributed by atoms with E-state index in [9.17, 15) is 0 Å². The molecule has 0 bridgehead atoms. The molecule has 0 amide bonds. The van der Waals surface area contributed by atoms with Crippen molar-refractivity contribution in [2.45, 2.75) is 51.2 Å². The van der Waals surface area contributed by atoms with Crippen LogP contribution in [0.1, 0.15) is 45.7 Å². The lowest BCUT2D eigenvalue weighted by molar-refractivity contribution is 0.00578.